The van der Waals surface area contributed by atoms with Crippen molar-refractivity contribution in [2.45, 2.75) is 29.2 Å². The molecule has 8 heteroatoms. The van der Waals surface area contributed by atoms with Gasteiger partial charge in [-0.2, -0.15) is 0 Å². The van der Waals surface area contributed by atoms with Crippen LogP contribution in [0.2, 0.25) is 0 Å². The second kappa shape index (κ2) is 12.1. The number of anilines is 1. The van der Waals surface area contributed by atoms with E-state index >= 15 is 0 Å². The zero-order valence-corrected chi connectivity index (χ0v) is 22.2. The van der Waals surface area contributed by atoms with Crippen LogP contribution in [0.25, 0.3) is 0 Å². The van der Waals surface area contributed by atoms with Crippen LogP contribution in [0.3, 0.4) is 0 Å². The number of rotatable bonds is 7. The summed E-state index contributed by atoms with van der Waals surface area (Å²) in [5.41, 5.74) is 4.24. The number of nitrogens with one attached hydrogen (secondary N) is 1. The number of carbonyl (C=O) groups excluding carboxylic acids is 1. The monoisotopic (exact) mass is 543 g/mol. The molecule has 4 rings (SSSR count). The van der Waals surface area contributed by atoms with Gasteiger partial charge in [0, 0.05) is 30.8 Å². The van der Waals surface area contributed by atoms with Crippen LogP contribution in [-0.2, 0) is 11.3 Å². The van der Waals surface area contributed by atoms with Crippen LogP contribution in [0.15, 0.2) is 83.9 Å². The number of ether oxygens (including phenoxy) is 1. The lowest BCUT2D eigenvalue weighted by atomic mass is 9.98. The molecule has 1 N–H and O–H groups in total. The molecule has 1 aliphatic heterocycles. The first kappa shape index (κ1) is 26.5. The normalized spacial score (nSPS) is 15.5. The SMILES string of the molecule is COc1cccc(C(=NC2CCN(Cc3ccccc3)CC2)c2ccccc2NC(=O)C(Cl)(Cl)Cl)c1. The van der Waals surface area contributed by atoms with Crippen molar-refractivity contribution >= 4 is 52.1 Å². The average Bonchev–Trinajstić information content (AvgIpc) is 2.89. The number of aliphatic imine (C=N–C) groups is 1. The molecule has 3 aromatic rings. The van der Waals surface area contributed by atoms with Gasteiger partial charge in [-0.25, -0.2) is 0 Å². The molecular formula is C28H28Cl3N3O2. The maximum Gasteiger partial charge on any atom is 0.276 e. The Labute approximate surface area is 227 Å². The van der Waals surface area contributed by atoms with Crippen molar-refractivity contribution < 1.29 is 9.53 Å². The minimum Gasteiger partial charge on any atom is -0.497 e. The van der Waals surface area contributed by atoms with Crippen LogP contribution in [0.5, 0.6) is 5.75 Å². The largest absolute Gasteiger partial charge is 0.497 e. The fourth-order valence-electron chi connectivity index (χ4n) is 4.29. The summed E-state index contributed by atoms with van der Waals surface area (Å²) >= 11 is 17.5. The molecule has 0 saturated carbocycles. The van der Waals surface area contributed by atoms with Crippen LogP contribution in [0, 0.1) is 0 Å². The van der Waals surface area contributed by atoms with E-state index < -0.39 is 9.70 Å². The van der Waals surface area contributed by atoms with E-state index in [0.717, 1.165) is 55.1 Å². The molecule has 5 nitrogen and oxygen atoms in total. The maximum absolute atomic E-state index is 12.4. The highest BCUT2D eigenvalue weighted by molar-refractivity contribution is 6.76. The molecule has 0 unspecified atom stereocenters. The Bertz CT molecular complexity index is 1200. The molecule has 1 heterocycles. The molecule has 1 saturated heterocycles. The predicted molar refractivity (Wildman–Crippen MR) is 149 cm³/mol. The fraction of sp³-hybridized carbons (Fsp3) is 0.286. The summed E-state index contributed by atoms with van der Waals surface area (Å²) in [6.45, 7) is 2.85. The van der Waals surface area contributed by atoms with E-state index in [1.165, 1.54) is 5.56 Å². The number of carbonyl (C=O) groups is 1. The lowest BCUT2D eigenvalue weighted by molar-refractivity contribution is -0.115. The smallest absolute Gasteiger partial charge is 0.276 e. The van der Waals surface area contributed by atoms with E-state index in [9.17, 15) is 4.79 Å². The second-order valence-corrected chi connectivity index (χ2v) is 11.0. The molecule has 0 aliphatic carbocycles. The average molecular weight is 545 g/mol. The molecule has 0 aromatic heterocycles. The van der Waals surface area contributed by atoms with Gasteiger partial charge in [-0.15, -0.1) is 0 Å². The summed E-state index contributed by atoms with van der Waals surface area (Å²) in [5, 5.41) is 2.75. The van der Waals surface area contributed by atoms with E-state index in [1.807, 2.05) is 48.5 Å². The topological polar surface area (TPSA) is 53.9 Å². The van der Waals surface area contributed by atoms with Crippen molar-refractivity contribution in [3.63, 3.8) is 0 Å². The zero-order valence-electron chi connectivity index (χ0n) is 20.0. The highest BCUT2D eigenvalue weighted by Crippen LogP contribution is 2.30. The number of nitrogens with zero attached hydrogens (tertiary/aromatic N) is 2. The van der Waals surface area contributed by atoms with Crippen LogP contribution in [-0.4, -0.2) is 46.6 Å². The Morgan fingerprint density at radius 1 is 1.00 bits per heavy atom. The minimum atomic E-state index is -2.08. The number of halogens is 3. The quantitative estimate of drug-likeness (QED) is 0.273. The van der Waals surface area contributed by atoms with Gasteiger partial charge in [0.25, 0.3) is 9.70 Å². The van der Waals surface area contributed by atoms with Crippen molar-refractivity contribution in [2.24, 2.45) is 4.99 Å². The van der Waals surface area contributed by atoms with Gasteiger partial charge in [-0.3, -0.25) is 14.7 Å². The number of hydrogen-bond acceptors (Lipinski definition) is 4. The molecule has 188 valence electrons. The third-order valence-corrected chi connectivity index (χ3v) is 6.66. The van der Waals surface area contributed by atoms with Crippen molar-refractivity contribution in [3.05, 3.63) is 95.6 Å². The first-order valence-electron chi connectivity index (χ1n) is 11.8. The number of para-hydroxylation sites is 1. The van der Waals surface area contributed by atoms with Crippen molar-refractivity contribution in [1.82, 2.24) is 4.90 Å². The zero-order chi connectivity index (χ0) is 25.5. The van der Waals surface area contributed by atoms with Gasteiger partial charge in [0.1, 0.15) is 5.75 Å². The van der Waals surface area contributed by atoms with E-state index in [2.05, 4.69) is 34.5 Å². The van der Waals surface area contributed by atoms with E-state index in [4.69, 9.17) is 44.5 Å². The summed E-state index contributed by atoms with van der Waals surface area (Å²) in [4.78, 5) is 20.1. The van der Waals surface area contributed by atoms with Crippen LogP contribution >= 0.6 is 34.8 Å². The van der Waals surface area contributed by atoms with E-state index in [0.29, 0.717) is 5.69 Å². The lowest BCUT2D eigenvalue weighted by Crippen LogP contribution is -2.35. The van der Waals surface area contributed by atoms with Gasteiger partial charge in [0.15, 0.2) is 0 Å². The van der Waals surface area contributed by atoms with Crippen LogP contribution in [0.4, 0.5) is 5.69 Å². The Morgan fingerprint density at radius 2 is 1.69 bits per heavy atom. The Kier molecular flexibility index (Phi) is 8.91. The summed E-state index contributed by atoms with van der Waals surface area (Å²) in [6.07, 6.45) is 1.87. The maximum atomic E-state index is 12.4. The molecule has 1 aliphatic rings. The van der Waals surface area contributed by atoms with Crippen LogP contribution in [0.1, 0.15) is 29.5 Å². The number of hydrogen-bond donors (Lipinski definition) is 1. The number of likely N-dealkylation sites (tertiary alicyclic amines) is 1. The molecule has 0 atom stereocenters. The highest BCUT2D eigenvalue weighted by atomic mass is 35.6. The number of methoxy groups -OCH3 is 1. The minimum absolute atomic E-state index is 0.134. The Morgan fingerprint density at radius 3 is 2.39 bits per heavy atom. The van der Waals surface area contributed by atoms with Gasteiger partial charge in [-0.05, 0) is 36.6 Å². The second-order valence-electron chi connectivity index (χ2n) is 8.70. The summed E-state index contributed by atoms with van der Waals surface area (Å²) < 4.78 is 3.38. The van der Waals surface area contributed by atoms with Gasteiger partial charge in [-0.1, -0.05) is 95.5 Å². The molecule has 0 radical (unpaired) electrons. The third kappa shape index (κ3) is 7.01. The fourth-order valence-corrected chi connectivity index (χ4v) is 4.43. The van der Waals surface area contributed by atoms with Crippen molar-refractivity contribution in [2.75, 3.05) is 25.5 Å². The highest BCUT2D eigenvalue weighted by Gasteiger charge is 2.31. The number of alkyl halides is 3. The summed E-state index contributed by atoms with van der Waals surface area (Å²) in [5.74, 6) is -0.000138. The number of piperidine rings is 1. The Balaban J connectivity index is 1.62. The molecule has 0 bridgehead atoms. The summed E-state index contributed by atoms with van der Waals surface area (Å²) in [7, 11) is 1.63. The van der Waals surface area contributed by atoms with Gasteiger partial charge in [0.2, 0.25) is 0 Å². The van der Waals surface area contributed by atoms with Gasteiger partial charge >= 0.3 is 0 Å². The number of amides is 1. The van der Waals surface area contributed by atoms with Crippen LogP contribution < -0.4 is 10.1 Å². The molecular weight excluding hydrogens is 517 g/mol. The lowest BCUT2D eigenvalue weighted by Gasteiger charge is -2.31. The first-order chi connectivity index (χ1) is 17.3. The van der Waals surface area contributed by atoms with Crippen molar-refractivity contribution in [3.8, 4) is 5.75 Å². The molecule has 1 fully saturated rings. The van der Waals surface area contributed by atoms with E-state index in [1.54, 1.807) is 13.2 Å². The Hall–Kier alpha value is -2.57. The molecule has 3 aromatic carbocycles. The molecule has 36 heavy (non-hydrogen) atoms. The first-order valence-corrected chi connectivity index (χ1v) is 12.9. The number of benzene rings is 3. The molecule has 0 spiro atoms. The standard InChI is InChI=1S/C28H28Cl3N3O2/c1-36-23-11-7-10-21(18-23)26(24-12-5-6-13-25(24)33-27(35)28(29,30)31)32-22-14-16-34(17-15-22)19-20-8-3-2-4-9-20/h2-13,18,22H,14-17,19H2,1H3,(H,33,35). The third-order valence-electron chi connectivity index (χ3n) is 6.15. The summed E-state index contributed by atoms with van der Waals surface area (Å²) in [6, 6.07) is 25.8. The van der Waals surface area contributed by atoms with Gasteiger partial charge < -0.3 is 10.1 Å². The predicted octanol–water partition coefficient (Wildman–Crippen LogP) is 6.51. The van der Waals surface area contributed by atoms with Gasteiger partial charge in [0.05, 0.1) is 24.6 Å². The van der Waals surface area contributed by atoms with Crippen molar-refractivity contribution in [1.29, 1.82) is 0 Å². The molecule has 1 amide bonds. The van der Waals surface area contributed by atoms with E-state index in [-0.39, 0.29) is 6.04 Å².